The Morgan fingerprint density at radius 2 is 2.25 bits per heavy atom. The Hall–Kier alpha value is -1.08. The van der Waals surface area contributed by atoms with Crippen LogP contribution < -0.4 is 0 Å². The number of esters is 1. The van der Waals surface area contributed by atoms with Crippen LogP contribution in [0, 0.1) is 17.8 Å². The largest absolute Gasteiger partial charge is 0.461 e. The van der Waals surface area contributed by atoms with Gasteiger partial charge >= 0.3 is 5.97 Å². The highest BCUT2D eigenvalue weighted by Crippen LogP contribution is 2.35. The quantitative estimate of drug-likeness (QED) is 0.527. The molecule has 0 saturated heterocycles. The van der Waals surface area contributed by atoms with E-state index in [4.69, 9.17) is 9.47 Å². The van der Waals surface area contributed by atoms with Crippen LogP contribution in [0.15, 0.2) is 11.5 Å². The zero-order valence-electron chi connectivity index (χ0n) is 15.1. The predicted molar refractivity (Wildman–Crippen MR) is 93.8 cm³/mol. The maximum Gasteiger partial charge on any atom is 0.316 e. The van der Waals surface area contributed by atoms with Gasteiger partial charge in [0, 0.05) is 13.7 Å². The lowest BCUT2D eigenvalue weighted by molar-refractivity contribution is -0.152. The van der Waals surface area contributed by atoms with Crippen molar-refractivity contribution in [3.05, 3.63) is 6.33 Å². The zero-order chi connectivity index (χ0) is 17.5. The molecule has 3 unspecified atom stereocenters. The second-order valence-electron chi connectivity index (χ2n) is 6.94. The lowest BCUT2D eigenvalue weighted by Gasteiger charge is -2.36. The van der Waals surface area contributed by atoms with E-state index in [9.17, 15) is 4.79 Å². The van der Waals surface area contributed by atoms with Crippen molar-refractivity contribution in [2.24, 2.45) is 17.8 Å². The van der Waals surface area contributed by atoms with Crippen LogP contribution in [0.3, 0.4) is 0 Å². The SMILES string of the molecule is COCCn1cnnc1SCC(=O)OC1CC(C)CCC1C(C)C. The van der Waals surface area contributed by atoms with Gasteiger partial charge in [-0.1, -0.05) is 39.0 Å². The highest BCUT2D eigenvalue weighted by Gasteiger charge is 2.33. The number of methoxy groups -OCH3 is 1. The number of hydrogen-bond acceptors (Lipinski definition) is 6. The minimum absolute atomic E-state index is 0.0493. The van der Waals surface area contributed by atoms with Crippen molar-refractivity contribution in [1.29, 1.82) is 0 Å². The molecule has 1 heterocycles. The number of nitrogens with zero attached hydrogens (tertiary/aromatic N) is 3. The van der Waals surface area contributed by atoms with Gasteiger partial charge in [-0.25, -0.2) is 0 Å². The Balaban J connectivity index is 1.85. The lowest BCUT2D eigenvalue weighted by atomic mass is 9.75. The van der Waals surface area contributed by atoms with Gasteiger partial charge in [-0.3, -0.25) is 4.79 Å². The molecule has 1 saturated carbocycles. The Bertz CT molecular complexity index is 521. The van der Waals surface area contributed by atoms with Crippen molar-refractivity contribution in [1.82, 2.24) is 14.8 Å². The lowest BCUT2D eigenvalue weighted by Crippen LogP contribution is -2.36. The van der Waals surface area contributed by atoms with Gasteiger partial charge in [0.2, 0.25) is 0 Å². The summed E-state index contributed by atoms with van der Waals surface area (Å²) < 4.78 is 12.8. The Kier molecular flexibility index (Phi) is 7.55. The topological polar surface area (TPSA) is 66.2 Å². The van der Waals surface area contributed by atoms with Gasteiger partial charge in [0.05, 0.1) is 12.4 Å². The molecule has 24 heavy (non-hydrogen) atoms. The van der Waals surface area contributed by atoms with E-state index in [1.807, 2.05) is 4.57 Å². The Morgan fingerprint density at radius 1 is 1.46 bits per heavy atom. The number of ether oxygens (including phenoxy) is 2. The highest BCUT2D eigenvalue weighted by molar-refractivity contribution is 7.99. The van der Waals surface area contributed by atoms with Gasteiger partial charge < -0.3 is 14.0 Å². The first kappa shape index (κ1) is 19.2. The van der Waals surface area contributed by atoms with Crippen LogP contribution in [-0.4, -0.2) is 46.3 Å². The van der Waals surface area contributed by atoms with Crippen LogP contribution in [0.1, 0.15) is 40.0 Å². The molecule has 0 N–H and O–H groups in total. The van der Waals surface area contributed by atoms with Crippen molar-refractivity contribution in [2.45, 2.75) is 57.8 Å². The third-order valence-electron chi connectivity index (χ3n) is 4.68. The summed E-state index contributed by atoms with van der Waals surface area (Å²) in [6.07, 6.45) is 5.06. The average Bonchev–Trinajstić information content (AvgIpc) is 2.98. The molecule has 7 heteroatoms. The molecule has 1 aromatic rings. The fourth-order valence-electron chi connectivity index (χ4n) is 3.28. The van der Waals surface area contributed by atoms with E-state index in [-0.39, 0.29) is 17.8 Å². The van der Waals surface area contributed by atoms with Crippen molar-refractivity contribution >= 4 is 17.7 Å². The van der Waals surface area contributed by atoms with Gasteiger partial charge in [-0.15, -0.1) is 10.2 Å². The van der Waals surface area contributed by atoms with E-state index in [0.29, 0.717) is 30.9 Å². The van der Waals surface area contributed by atoms with Gasteiger partial charge in [-0.05, 0) is 30.6 Å². The third-order valence-corrected chi connectivity index (χ3v) is 5.63. The summed E-state index contributed by atoms with van der Waals surface area (Å²) in [7, 11) is 1.66. The smallest absolute Gasteiger partial charge is 0.316 e. The van der Waals surface area contributed by atoms with E-state index >= 15 is 0 Å². The van der Waals surface area contributed by atoms with Crippen molar-refractivity contribution in [3.8, 4) is 0 Å². The molecule has 0 aliphatic heterocycles. The Morgan fingerprint density at radius 3 is 2.96 bits per heavy atom. The average molecular weight is 356 g/mol. The van der Waals surface area contributed by atoms with Crippen molar-refractivity contribution in [2.75, 3.05) is 19.5 Å². The van der Waals surface area contributed by atoms with E-state index in [0.717, 1.165) is 18.0 Å². The zero-order valence-corrected chi connectivity index (χ0v) is 15.9. The van der Waals surface area contributed by atoms with Gasteiger partial charge in [-0.2, -0.15) is 0 Å². The molecule has 0 radical (unpaired) electrons. The van der Waals surface area contributed by atoms with Crippen LogP contribution in [-0.2, 0) is 20.8 Å². The third kappa shape index (κ3) is 5.48. The van der Waals surface area contributed by atoms with E-state index < -0.39 is 0 Å². The van der Waals surface area contributed by atoms with E-state index in [2.05, 4.69) is 31.0 Å². The summed E-state index contributed by atoms with van der Waals surface area (Å²) in [5, 5.41) is 8.68. The molecule has 0 spiro atoms. The number of carbonyl (C=O) groups is 1. The number of aromatic nitrogens is 3. The highest BCUT2D eigenvalue weighted by atomic mass is 32.2. The molecule has 1 aliphatic carbocycles. The van der Waals surface area contributed by atoms with Gasteiger partial charge in [0.15, 0.2) is 5.16 Å². The fraction of sp³-hybridized carbons (Fsp3) is 0.824. The maximum absolute atomic E-state index is 12.3. The molecular weight excluding hydrogens is 326 g/mol. The van der Waals surface area contributed by atoms with Crippen LogP contribution in [0.4, 0.5) is 0 Å². The summed E-state index contributed by atoms with van der Waals surface area (Å²) in [5.74, 6) is 1.75. The summed E-state index contributed by atoms with van der Waals surface area (Å²) in [6.45, 7) is 7.94. The van der Waals surface area contributed by atoms with Crippen LogP contribution in [0.2, 0.25) is 0 Å². The fourth-order valence-corrected chi connectivity index (χ4v) is 4.00. The van der Waals surface area contributed by atoms with Crippen LogP contribution in [0.25, 0.3) is 0 Å². The molecule has 6 nitrogen and oxygen atoms in total. The first-order chi connectivity index (χ1) is 11.5. The summed E-state index contributed by atoms with van der Waals surface area (Å²) in [6, 6.07) is 0. The van der Waals surface area contributed by atoms with Crippen molar-refractivity contribution in [3.63, 3.8) is 0 Å². The standard InChI is InChI=1S/C17H29N3O3S/c1-12(2)14-6-5-13(3)9-15(14)23-16(21)10-24-17-19-18-11-20(17)7-8-22-4/h11-15H,5-10H2,1-4H3. The predicted octanol–water partition coefficient (Wildman–Crippen LogP) is 3.02. The summed E-state index contributed by atoms with van der Waals surface area (Å²) in [5.41, 5.74) is 0. The normalized spacial score (nSPS) is 24.3. The minimum atomic E-state index is -0.161. The second kappa shape index (κ2) is 9.42. The number of carbonyl (C=O) groups excluding carboxylic acids is 1. The van der Waals surface area contributed by atoms with E-state index in [1.54, 1.807) is 13.4 Å². The van der Waals surface area contributed by atoms with Crippen LogP contribution in [0.5, 0.6) is 0 Å². The maximum atomic E-state index is 12.3. The van der Waals surface area contributed by atoms with Gasteiger partial charge in [0.25, 0.3) is 0 Å². The first-order valence-electron chi connectivity index (χ1n) is 8.70. The molecule has 136 valence electrons. The molecule has 2 rings (SSSR count). The molecule has 1 fully saturated rings. The molecular formula is C17H29N3O3S. The van der Waals surface area contributed by atoms with Crippen molar-refractivity contribution < 1.29 is 14.3 Å². The molecule has 3 atom stereocenters. The monoisotopic (exact) mass is 355 g/mol. The molecule has 0 bridgehead atoms. The van der Waals surface area contributed by atoms with E-state index in [1.165, 1.54) is 18.2 Å². The molecule has 1 aromatic heterocycles. The summed E-state index contributed by atoms with van der Waals surface area (Å²) in [4.78, 5) is 12.3. The van der Waals surface area contributed by atoms with Gasteiger partial charge in [0.1, 0.15) is 12.4 Å². The minimum Gasteiger partial charge on any atom is -0.461 e. The number of rotatable bonds is 8. The second-order valence-corrected chi connectivity index (χ2v) is 7.89. The Labute approximate surface area is 148 Å². The number of hydrogen-bond donors (Lipinski definition) is 0. The molecule has 1 aliphatic rings. The molecule has 0 aromatic carbocycles. The van der Waals surface area contributed by atoms with Crippen LogP contribution >= 0.6 is 11.8 Å². The first-order valence-corrected chi connectivity index (χ1v) is 9.68. The number of thioether (sulfide) groups is 1. The summed E-state index contributed by atoms with van der Waals surface area (Å²) >= 11 is 1.37. The molecule has 0 amide bonds.